The molecule has 2 aliphatic heterocycles. The van der Waals surface area contributed by atoms with Gasteiger partial charge in [0.1, 0.15) is 5.54 Å². The highest BCUT2D eigenvalue weighted by Crippen LogP contribution is 2.26. The summed E-state index contributed by atoms with van der Waals surface area (Å²) >= 11 is 0. The first-order valence-corrected chi connectivity index (χ1v) is 7.77. The molecule has 0 bridgehead atoms. The molecule has 0 spiro atoms. The number of benzene rings is 1. The van der Waals surface area contributed by atoms with E-state index < -0.39 is 17.5 Å². The van der Waals surface area contributed by atoms with Gasteiger partial charge in [-0.15, -0.1) is 12.4 Å². The molecule has 7 nitrogen and oxygen atoms in total. The van der Waals surface area contributed by atoms with Gasteiger partial charge in [0.2, 0.25) is 5.91 Å². The number of amides is 4. The summed E-state index contributed by atoms with van der Waals surface area (Å²) in [5.74, 6) is -0.480. The van der Waals surface area contributed by atoms with Gasteiger partial charge in [-0.05, 0) is 44.0 Å². The molecule has 1 aromatic rings. The van der Waals surface area contributed by atoms with Gasteiger partial charge < -0.3 is 16.0 Å². The number of imide groups is 1. The fourth-order valence-electron chi connectivity index (χ4n) is 2.96. The molecule has 2 heterocycles. The molecular formula is C16H21ClN4O3. The molecule has 4 amide bonds. The quantitative estimate of drug-likeness (QED) is 0.615. The largest absolute Gasteiger partial charge is 0.325 e. The van der Waals surface area contributed by atoms with Crippen LogP contribution in [0.1, 0.15) is 31.7 Å². The molecule has 1 aromatic carbocycles. The summed E-state index contributed by atoms with van der Waals surface area (Å²) in [4.78, 5) is 35.7. The van der Waals surface area contributed by atoms with Crippen molar-refractivity contribution in [1.29, 1.82) is 0 Å². The standard InChI is InChI=1S/C16H20N4O3.ClH/c1-16(14(22)19-15(23)20-16)10-5-4-6-11(9-10)18-13(21)12-7-2-3-8-17-12;/h4-6,9,12,17H,2-3,7-8H2,1H3,(H,18,21)(H2,19,20,22,23);1H. The normalized spacial score (nSPS) is 26.1. The predicted molar refractivity (Wildman–Crippen MR) is 92.0 cm³/mol. The van der Waals surface area contributed by atoms with Crippen molar-refractivity contribution in [3.05, 3.63) is 29.8 Å². The number of carbonyl (C=O) groups excluding carboxylic acids is 3. The van der Waals surface area contributed by atoms with E-state index in [1.165, 1.54) is 0 Å². The summed E-state index contributed by atoms with van der Waals surface area (Å²) in [5.41, 5.74) is 0.103. The van der Waals surface area contributed by atoms with Gasteiger partial charge in [-0.3, -0.25) is 14.9 Å². The van der Waals surface area contributed by atoms with Crippen LogP contribution in [0.15, 0.2) is 24.3 Å². The van der Waals surface area contributed by atoms with Gasteiger partial charge in [0.15, 0.2) is 0 Å². The minimum absolute atomic E-state index is 0. The van der Waals surface area contributed by atoms with E-state index in [-0.39, 0.29) is 24.4 Å². The molecule has 130 valence electrons. The molecule has 0 saturated carbocycles. The van der Waals surface area contributed by atoms with E-state index in [0.717, 1.165) is 25.8 Å². The van der Waals surface area contributed by atoms with Crippen molar-refractivity contribution in [2.45, 2.75) is 37.8 Å². The van der Waals surface area contributed by atoms with E-state index in [1.807, 2.05) is 0 Å². The van der Waals surface area contributed by atoms with E-state index in [2.05, 4.69) is 21.3 Å². The first-order chi connectivity index (χ1) is 11.0. The molecule has 2 unspecified atom stereocenters. The molecular weight excluding hydrogens is 332 g/mol. The Labute approximate surface area is 146 Å². The number of hydrogen-bond acceptors (Lipinski definition) is 4. The van der Waals surface area contributed by atoms with E-state index >= 15 is 0 Å². The van der Waals surface area contributed by atoms with E-state index in [9.17, 15) is 14.4 Å². The third-order valence-electron chi connectivity index (χ3n) is 4.38. The zero-order valence-electron chi connectivity index (χ0n) is 13.3. The van der Waals surface area contributed by atoms with Crippen molar-refractivity contribution in [1.82, 2.24) is 16.0 Å². The van der Waals surface area contributed by atoms with Gasteiger partial charge in [-0.2, -0.15) is 0 Å². The number of anilines is 1. The number of piperidine rings is 1. The fourth-order valence-corrected chi connectivity index (χ4v) is 2.96. The first kappa shape index (κ1) is 18.2. The van der Waals surface area contributed by atoms with Crippen LogP contribution < -0.4 is 21.3 Å². The monoisotopic (exact) mass is 352 g/mol. The highest BCUT2D eigenvalue weighted by atomic mass is 35.5. The Hall–Kier alpha value is -2.12. The zero-order chi connectivity index (χ0) is 16.4. The Kier molecular flexibility index (Phi) is 5.46. The lowest BCUT2D eigenvalue weighted by Gasteiger charge is -2.24. The summed E-state index contributed by atoms with van der Waals surface area (Å²) in [6.45, 7) is 2.49. The number of hydrogen-bond donors (Lipinski definition) is 4. The van der Waals surface area contributed by atoms with Crippen molar-refractivity contribution < 1.29 is 14.4 Å². The number of urea groups is 1. The second-order valence-corrected chi connectivity index (χ2v) is 6.11. The lowest BCUT2D eigenvalue weighted by atomic mass is 9.92. The van der Waals surface area contributed by atoms with Crippen LogP contribution >= 0.6 is 12.4 Å². The zero-order valence-corrected chi connectivity index (χ0v) is 14.2. The van der Waals surface area contributed by atoms with Crippen LogP contribution in [0, 0.1) is 0 Å². The molecule has 2 fully saturated rings. The number of rotatable bonds is 3. The second kappa shape index (κ2) is 7.19. The summed E-state index contributed by atoms with van der Waals surface area (Å²) < 4.78 is 0. The molecule has 2 saturated heterocycles. The molecule has 24 heavy (non-hydrogen) atoms. The minimum Gasteiger partial charge on any atom is -0.325 e. The average Bonchev–Trinajstić information content (AvgIpc) is 2.82. The summed E-state index contributed by atoms with van der Waals surface area (Å²) in [6, 6.07) is 6.28. The van der Waals surface area contributed by atoms with Crippen molar-refractivity contribution in [3.8, 4) is 0 Å². The Morgan fingerprint density at radius 3 is 2.71 bits per heavy atom. The van der Waals surface area contributed by atoms with Crippen LogP contribution in [-0.2, 0) is 15.1 Å². The molecule has 0 radical (unpaired) electrons. The maximum Gasteiger partial charge on any atom is 0.322 e. The number of nitrogens with one attached hydrogen (secondary N) is 4. The molecule has 4 N–H and O–H groups in total. The molecule has 0 aromatic heterocycles. The van der Waals surface area contributed by atoms with Gasteiger partial charge in [0.05, 0.1) is 6.04 Å². The molecule has 2 atom stereocenters. The Morgan fingerprint density at radius 1 is 1.29 bits per heavy atom. The Bertz CT molecular complexity index is 660. The highest BCUT2D eigenvalue weighted by Gasteiger charge is 2.43. The Balaban J connectivity index is 0.00000208. The van der Waals surface area contributed by atoms with Crippen molar-refractivity contribution in [2.75, 3.05) is 11.9 Å². The summed E-state index contributed by atoms with van der Waals surface area (Å²) in [6.07, 6.45) is 2.95. The SMILES string of the molecule is CC1(c2cccc(NC(=O)C3CCCCN3)c2)NC(=O)NC1=O.Cl. The van der Waals surface area contributed by atoms with Crippen molar-refractivity contribution in [3.63, 3.8) is 0 Å². The van der Waals surface area contributed by atoms with Gasteiger partial charge >= 0.3 is 6.03 Å². The van der Waals surface area contributed by atoms with Crippen LogP contribution in [0.3, 0.4) is 0 Å². The predicted octanol–water partition coefficient (Wildman–Crippen LogP) is 1.24. The van der Waals surface area contributed by atoms with Gasteiger partial charge in [-0.1, -0.05) is 18.6 Å². The highest BCUT2D eigenvalue weighted by molar-refractivity contribution is 6.07. The molecule has 3 rings (SSSR count). The van der Waals surface area contributed by atoms with E-state index in [0.29, 0.717) is 11.3 Å². The van der Waals surface area contributed by atoms with Crippen molar-refractivity contribution >= 4 is 35.9 Å². The van der Waals surface area contributed by atoms with Gasteiger partial charge in [-0.25, -0.2) is 4.79 Å². The lowest BCUT2D eigenvalue weighted by Crippen LogP contribution is -2.43. The van der Waals surface area contributed by atoms with Crippen LogP contribution in [-0.4, -0.2) is 30.4 Å². The maximum absolute atomic E-state index is 12.3. The fraction of sp³-hybridized carbons (Fsp3) is 0.438. The van der Waals surface area contributed by atoms with Crippen LogP contribution in [0.25, 0.3) is 0 Å². The third kappa shape index (κ3) is 3.52. The summed E-state index contributed by atoms with van der Waals surface area (Å²) in [7, 11) is 0. The summed E-state index contributed by atoms with van der Waals surface area (Å²) in [5, 5.41) is 10.9. The van der Waals surface area contributed by atoms with Gasteiger partial charge in [0, 0.05) is 5.69 Å². The van der Waals surface area contributed by atoms with Crippen molar-refractivity contribution in [2.24, 2.45) is 0 Å². The maximum atomic E-state index is 12.3. The topological polar surface area (TPSA) is 99.3 Å². The average molecular weight is 353 g/mol. The molecule has 2 aliphatic rings. The van der Waals surface area contributed by atoms with E-state index in [1.54, 1.807) is 31.2 Å². The van der Waals surface area contributed by atoms with Gasteiger partial charge in [0.25, 0.3) is 5.91 Å². The van der Waals surface area contributed by atoms with E-state index in [4.69, 9.17) is 0 Å². The minimum atomic E-state index is -1.12. The van der Waals surface area contributed by atoms with Crippen LogP contribution in [0.5, 0.6) is 0 Å². The number of carbonyl (C=O) groups is 3. The smallest absolute Gasteiger partial charge is 0.322 e. The lowest BCUT2D eigenvalue weighted by molar-refractivity contribution is -0.123. The third-order valence-corrected chi connectivity index (χ3v) is 4.38. The molecule has 8 heteroatoms. The molecule has 0 aliphatic carbocycles. The second-order valence-electron chi connectivity index (χ2n) is 6.11. The van der Waals surface area contributed by atoms with Crippen LogP contribution in [0.2, 0.25) is 0 Å². The number of halogens is 1. The van der Waals surface area contributed by atoms with Crippen LogP contribution in [0.4, 0.5) is 10.5 Å². The Morgan fingerprint density at radius 2 is 2.08 bits per heavy atom. The first-order valence-electron chi connectivity index (χ1n) is 7.77.